The SMILES string of the molecule is COc1ccc(NC(C)=O)cc1NC(=O)[C@@H]1CC(=O)N(c2ccccc2)C1. The van der Waals surface area contributed by atoms with Crippen LogP contribution in [0.4, 0.5) is 17.1 Å². The number of hydrogen-bond acceptors (Lipinski definition) is 4. The van der Waals surface area contributed by atoms with Gasteiger partial charge in [-0.05, 0) is 30.3 Å². The molecule has 0 unspecified atom stereocenters. The van der Waals surface area contributed by atoms with Gasteiger partial charge in [0.25, 0.3) is 0 Å². The lowest BCUT2D eigenvalue weighted by Gasteiger charge is -2.17. The second kappa shape index (κ2) is 7.90. The highest BCUT2D eigenvalue weighted by Gasteiger charge is 2.35. The molecule has 2 aromatic rings. The summed E-state index contributed by atoms with van der Waals surface area (Å²) < 4.78 is 5.28. The highest BCUT2D eigenvalue weighted by Crippen LogP contribution is 2.30. The van der Waals surface area contributed by atoms with Crippen molar-refractivity contribution in [1.82, 2.24) is 0 Å². The zero-order chi connectivity index (χ0) is 19.4. The average molecular weight is 367 g/mol. The second-order valence-corrected chi connectivity index (χ2v) is 6.33. The molecule has 0 saturated carbocycles. The van der Waals surface area contributed by atoms with Gasteiger partial charge in [-0.2, -0.15) is 0 Å². The quantitative estimate of drug-likeness (QED) is 0.850. The van der Waals surface area contributed by atoms with Gasteiger partial charge in [0.1, 0.15) is 5.75 Å². The van der Waals surface area contributed by atoms with Crippen molar-refractivity contribution in [2.24, 2.45) is 5.92 Å². The van der Waals surface area contributed by atoms with Gasteiger partial charge in [0, 0.05) is 31.3 Å². The normalized spacial score (nSPS) is 16.1. The molecule has 1 saturated heterocycles. The molecule has 0 aromatic heterocycles. The van der Waals surface area contributed by atoms with Crippen LogP contribution in [0, 0.1) is 5.92 Å². The number of hydrogen-bond donors (Lipinski definition) is 2. The number of anilines is 3. The van der Waals surface area contributed by atoms with Crippen LogP contribution in [-0.2, 0) is 14.4 Å². The molecule has 7 nitrogen and oxygen atoms in total. The summed E-state index contributed by atoms with van der Waals surface area (Å²) in [6.07, 6.45) is 0.147. The van der Waals surface area contributed by atoms with Crippen LogP contribution in [0.3, 0.4) is 0 Å². The Hall–Kier alpha value is -3.35. The van der Waals surface area contributed by atoms with Gasteiger partial charge < -0.3 is 20.3 Å². The molecule has 27 heavy (non-hydrogen) atoms. The van der Waals surface area contributed by atoms with E-state index >= 15 is 0 Å². The fraction of sp³-hybridized carbons (Fsp3) is 0.250. The maximum atomic E-state index is 12.7. The molecular weight excluding hydrogens is 346 g/mol. The summed E-state index contributed by atoms with van der Waals surface area (Å²) in [6, 6.07) is 14.3. The lowest BCUT2D eigenvalue weighted by atomic mass is 10.1. The molecule has 0 bridgehead atoms. The third-order valence-electron chi connectivity index (χ3n) is 4.34. The maximum absolute atomic E-state index is 12.7. The Kier molecular flexibility index (Phi) is 5.40. The van der Waals surface area contributed by atoms with Crippen LogP contribution in [0.2, 0.25) is 0 Å². The molecule has 1 aliphatic heterocycles. The number of rotatable bonds is 5. The Labute approximate surface area is 157 Å². The third kappa shape index (κ3) is 4.25. The molecule has 1 atom stereocenters. The first-order valence-electron chi connectivity index (χ1n) is 8.60. The minimum Gasteiger partial charge on any atom is -0.495 e. The summed E-state index contributed by atoms with van der Waals surface area (Å²) in [7, 11) is 1.50. The number of nitrogens with zero attached hydrogens (tertiary/aromatic N) is 1. The number of carbonyl (C=O) groups is 3. The number of amides is 3. The number of methoxy groups -OCH3 is 1. The zero-order valence-electron chi connectivity index (χ0n) is 15.2. The standard InChI is InChI=1S/C20H21N3O4/c1-13(24)21-15-8-9-18(27-2)17(11-15)22-20(26)14-10-19(25)23(12-14)16-6-4-3-5-7-16/h3-9,11,14H,10,12H2,1-2H3,(H,21,24)(H,22,26)/t14-/m1/s1. The van der Waals surface area contributed by atoms with E-state index in [0.717, 1.165) is 5.69 Å². The van der Waals surface area contributed by atoms with E-state index in [1.165, 1.54) is 14.0 Å². The molecule has 0 aliphatic carbocycles. The first-order chi connectivity index (χ1) is 13.0. The van der Waals surface area contributed by atoms with Gasteiger partial charge in [-0.3, -0.25) is 14.4 Å². The monoisotopic (exact) mass is 367 g/mol. The van der Waals surface area contributed by atoms with E-state index in [1.807, 2.05) is 30.3 Å². The topological polar surface area (TPSA) is 87.7 Å². The summed E-state index contributed by atoms with van der Waals surface area (Å²) in [4.78, 5) is 37.9. The van der Waals surface area contributed by atoms with Crippen molar-refractivity contribution >= 4 is 34.8 Å². The van der Waals surface area contributed by atoms with Crippen molar-refractivity contribution in [3.63, 3.8) is 0 Å². The molecule has 140 valence electrons. The molecule has 1 fully saturated rings. The number of nitrogens with one attached hydrogen (secondary N) is 2. The van der Waals surface area contributed by atoms with Crippen LogP contribution < -0.4 is 20.3 Å². The lowest BCUT2D eigenvalue weighted by molar-refractivity contribution is -0.122. The molecule has 0 radical (unpaired) electrons. The molecule has 3 rings (SSSR count). The van der Waals surface area contributed by atoms with Gasteiger partial charge in [-0.25, -0.2) is 0 Å². The van der Waals surface area contributed by atoms with Gasteiger partial charge in [-0.1, -0.05) is 18.2 Å². The largest absolute Gasteiger partial charge is 0.495 e. The first-order valence-corrected chi connectivity index (χ1v) is 8.60. The average Bonchev–Trinajstić information content (AvgIpc) is 3.04. The van der Waals surface area contributed by atoms with Crippen LogP contribution in [0.1, 0.15) is 13.3 Å². The minimum absolute atomic E-state index is 0.0830. The van der Waals surface area contributed by atoms with Gasteiger partial charge >= 0.3 is 0 Å². The van der Waals surface area contributed by atoms with Crippen molar-refractivity contribution < 1.29 is 19.1 Å². The predicted molar refractivity (Wildman–Crippen MR) is 103 cm³/mol. The number of benzene rings is 2. The van der Waals surface area contributed by atoms with Crippen LogP contribution in [0.5, 0.6) is 5.75 Å². The van der Waals surface area contributed by atoms with Crippen molar-refractivity contribution in [1.29, 1.82) is 0 Å². The first kappa shape index (κ1) is 18.4. The summed E-state index contributed by atoms with van der Waals surface area (Å²) in [5.74, 6) is -0.550. The van der Waals surface area contributed by atoms with Crippen molar-refractivity contribution in [2.75, 3.05) is 29.2 Å². The number of para-hydroxylation sites is 1. The number of carbonyl (C=O) groups excluding carboxylic acids is 3. The Bertz CT molecular complexity index is 867. The van der Waals surface area contributed by atoms with Gasteiger partial charge in [-0.15, -0.1) is 0 Å². The predicted octanol–water partition coefficient (Wildman–Crippen LogP) is 2.65. The molecule has 7 heteroatoms. The van der Waals surface area contributed by atoms with Crippen molar-refractivity contribution in [3.05, 3.63) is 48.5 Å². The molecule has 1 aliphatic rings. The highest BCUT2D eigenvalue weighted by atomic mass is 16.5. The van der Waals surface area contributed by atoms with E-state index in [2.05, 4.69) is 10.6 Å². The van der Waals surface area contributed by atoms with Crippen molar-refractivity contribution in [3.8, 4) is 5.75 Å². The summed E-state index contributed by atoms with van der Waals surface area (Å²) in [5.41, 5.74) is 1.77. The molecule has 0 spiro atoms. The highest BCUT2D eigenvalue weighted by molar-refractivity contribution is 6.04. The lowest BCUT2D eigenvalue weighted by Crippen LogP contribution is -2.28. The number of ether oxygens (including phenoxy) is 1. The molecule has 2 aromatic carbocycles. The van der Waals surface area contributed by atoms with E-state index in [9.17, 15) is 14.4 Å². The van der Waals surface area contributed by atoms with E-state index in [4.69, 9.17) is 4.74 Å². The summed E-state index contributed by atoms with van der Waals surface area (Å²) >= 11 is 0. The van der Waals surface area contributed by atoms with Crippen LogP contribution >= 0.6 is 0 Å². The van der Waals surface area contributed by atoms with Crippen LogP contribution in [0.15, 0.2) is 48.5 Å². The van der Waals surface area contributed by atoms with E-state index < -0.39 is 5.92 Å². The molecular formula is C20H21N3O4. The third-order valence-corrected chi connectivity index (χ3v) is 4.34. The molecule has 2 N–H and O–H groups in total. The second-order valence-electron chi connectivity index (χ2n) is 6.33. The molecule has 3 amide bonds. The molecule has 1 heterocycles. The fourth-order valence-corrected chi connectivity index (χ4v) is 3.06. The summed E-state index contributed by atoms with van der Waals surface area (Å²) in [5, 5.41) is 5.48. The van der Waals surface area contributed by atoms with Crippen molar-refractivity contribution in [2.45, 2.75) is 13.3 Å². The van der Waals surface area contributed by atoms with E-state index in [0.29, 0.717) is 23.7 Å². The Morgan fingerprint density at radius 1 is 1.11 bits per heavy atom. The Morgan fingerprint density at radius 2 is 1.85 bits per heavy atom. The van der Waals surface area contributed by atoms with Crippen LogP contribution in [-0.4, -0.2) is 31.4 Å². The van der Waals surface area contributed by atoms with Crippen LogP contribution in [0.25, 0.3) is 0 Å². The Balaban J connectivity index is 1.74. The fourth-order valence-electron chi connectivity index (χ4n) is 3.06. The van der Waals surface area contributed by atoms with E-state index in [-0.39, 0.29) is 24.1 Å². The smallest absolute Gasteiger partial charge is 0.229 e. The van der Waals surface area contributed by atoms with Gasteiger partial charge in [0.05, 0.1) is 18.7 Å². The minimum atomic E-state index is -0.466. The zero-order valence-corrected chi connectivity index (χ0v) is 15.2. The summed E-state index contributed by atoms with van der Waals surface area (Å²) in [6.45, 7) is 1.73. The maximum Gasteiger partial charge on any atom is 0.229 e. The van der Waals surface area contributed by atoms with E-state index in [1.54, 1.807) is 23.1 Å². The van der Waals surface area contributed by atoms with Gasteiger partial charge in [0.15, 0.2) is 0 Å². The Morgan fingerprint density at radius 3 is 2.52 bits per heavy atom. The van der Waals surface area contributed by atoms with Gasteiger partial charge in [0.2, 0.25) is 17.7 Å².